The second kappa shape index (κ2) is 4.96. The van der Waals surface area contributed by atoms with Crippen LogP contribution in [0.3, 0.4) is 0 Å². The predicted octanol–water partition coefficient (Wildman–Crippen LogP) is 3.13. The summed E-state index contributed by atoms with van der Waals surface area (Å²) in [5, 5.41) is 0. The van der Waals surface area contributed by atoms with Crippen molar-refractivity contribution in [1.82, 2.24) is 0 Å². The van der Waals surface area contributed by atoms with Crippen molar-refractivity contribution in [2.45, 2.75) is 32.8 Å². The van der Waals surface area contributed by atoms with Crippen LogP contribution in [0.1, 0.15) is 35.7 Å². The van der Waals surface area contributed by atoms with Crippen LogP contribution in [0.15, 0.2) is 18.2 Å². The molecule has 0 amide bonds. The van der Waals surface area contributed by atoms with Crippen LogP contribution in [0.25, 0.3) is 0 Å². The van der Waals surface area contributed by atoms with E-state index < -0.39 is 0 Å². The summed E-state index contributed by atoms with van der Waals surface area (Å²) < 4.78 is 18.9. The van der Waals surface area contributed by atoms with E-state index in [-0.39, 0.29) is 23.6 Å². The number of halogens is 1. The lowest BCUT2D eigenvalue weighted by Gasteiger charge is -2.15. The van der Waals surface area contributed by atoms with Gasteiger partial charge < -0.3 is 4.74 Å². The molecule has 0 spiro atoms. The highest BCUT2D eigenvalue weighted by Gasteiger charge is 2.33. The Hall–Kier alpha value is -1.22. The van der Waals surface area contributed by atoms with E-state index in [4.69, 9.17) is 4.74 Å². The minimum absolute atomic E-state index is 0.00753. The molecule has 0 bridgehead atoms. The lowest BCUT2D eigenvalue weighted by atomic mass is 9.90. The number of hydrogen-bond donors (Lipinski definition) is 0. The Morgan fingerprint density at radius 2 is 2.29 bits per heavy atom. The molecule has 2 atom stereocenters. The fourth-order valence-electron chi connectivity index (χ4n) is 2.31. The van der Waals surface area contributed by atoms with Crippen molar-refractivity contribution in [3.8, 4) is 0 Å². The second-order valence-electron chi connectivity index (χ2n) is 4.54. The molecule has 3 heteroatoms. The zero-order valence-electron chi connectivity index (χ0n) is 10.2. The highest BCUT2D eigenvalue weighted by molar-refractivity contribution is 5.98. The molecule has 1 aliphatic heterocycles. The Morgan fingerprint density at radius 3 is 2.94 bits per heavy atom. The summed E-state index contributed by atoms with van der Waals surface area (Å²) in [5.41, 5.74) is 1.03. The van der Waals surface area contributed by atoms with Crippen molar-refractivity contribution in [1.29, 1.82) is 0 Å². The number of benzene rings is 1. The number of Topliss-reactive ketones (excluding diaryl/α,β-unsaturated/α-hetero) is 1. The summed E-state index contributed by atoms with van der Waals surface area (Å²) in [6, 6.07) is 4.69. The maximum Gasteiger partial charge on any atom is 0.168 e. The fourth-order valence-corrected chi connectivity index (χ4v) is 2.31. The Bertz CT molecular complexity index is 428. The first kappa shape index (κ1) is 12.2. The van der Waals surface area contributed by atoms with Gasteiger partial charge >= 0.3 is 0 Å². The number of hydrogen-bond acceptors (Lipinski definition) is 2. The van der Waals surface area contributed by atoms with Crippen LogP contribution >= 0.6 is 0 Å². The molecule has 2 unspecified atom stereocenters. The highest BCUT2D eigenvalue weighted by Crippen LogP contribution is 2.27. The SMILES string of the molecule is CCC1OCCC1C(=O)c1ccc(C)c(F)c1. The lowest BCUT2D eigenvalue weighted by Crippen LogP contribution is -2.23. The van der Waals surface area contributed by atoms with E-state index >= 15 is 0 Å². The Kier molecular flexibility index (Phi) is 3.57. The number of carbonyl (C=O) groups excluding carboxylic acids is 1. The second-order valence-corrected chi connectivity index (χ2v) is 4.54. The van der Waals surface area contributed by atoms with Crippen molar-refractivity contribution in [2.75, 3.05) is 6.61 Å². The molecule has 1 aliphatic rings. The molecule has 0 aromatic heterocycles. The van der Waals surface area contributed by atoms with Crippen molar-refractivity contribution in [2.24, 2.45) is 5.92 Å². The van der Waals surface area contributed by atoms with E-state index in [9.17, 15) is 9.18 Å². The van der Waals surface area contributed by atoms with Gasteiger partial charge in [0, 0.05) is 12.2 Å². The number of aryl methyl sites for hydroxylation is 1. The third kappa shape index (κ3) is 2.39. The fraction of sp³-hybridized carbons (Fsp3) is 0.500. The maximum atomic E-state index is 13.4. The van der Waals surface area contributed by atoms with Gasteiger partial charge in [0.05, 0.1) is 12.0 Å². The van der Waals surface area contributed by atoms with Gasteiger partial charge in [0.25, 0.3) is 0 Å². The van der Waals surface area contributed by atoms with Gasteiger partial charge in [0.2, 0.25) is 0 Å². The first-order valence-corrected chi connectivity index (χ1v) is 6.05. The summed E-state index contributed by atoms with van der Waals surface area (Å²) in [6.45, 7) is 4.33. The van der Waals surface area contributed by atoms with E-state index in [0.717, 1.165) is 12.8 Å². The lowest BCUT2D eigenvalue weighted by molar-refractivity contribution is 0.0689. The van der Waals surface area contributed by atoms with Crippen molar-refractivity contribution < 1.29 is 13.9 Å². The monoisotopic (exact) mass is 236 g/mol. The molecule has 92 valence electrons. The van der Waals surface area contributed by atoms with Gasteiger partial charge in [-0.05, 0) is 31.4 Å². The molecule has 0 radical (unpaired) electrons. The minimum Gasteiger partial charge on any atom is -0.377 e. The minimum atomic E-state index is -0.317. The molecular weight excluding hydrogens is 219 g/mol. The zero-order valence-corrected chi connectivity index (χ0v) is 10.2. The molecule has 1 fully saturated rings. The molecule has 1 aromatic carbocycles. The van der Waals surface area contributed by atoms with Crippen LogP contribution in [0.4, 0.5) is 4.39 Å². The Balaban J connectivity index is 2.21. The third-order valence-electron chi connectivity index (χ3n) is 3.41. The van der Waals surface area contributed by atoms with Gasteiger partial charge in [-0.15, -0.1) is 0 Å². The van der Waals surface area contributed by atoms with Crippen LogP contribution < -0.4 is 0 Å². The van der Waals surface area contributed by atoms with Crippen LogP contribution in [-0.4, -0.2) is 18.5 Å². The summed E-state index contributed by atoms with van der Waals surface area (Å²) in [7, 11) is 0. The maximum absolute atomic E-state index is 13.4. The average Bonchev–Trinajstić information content (AvgIpc) is 2.80. The molecule has 2 rings (SSSR count). The Morgan fingerprint density at radius 1 is 1.53 bits per heavy atom. The van der Waals surface area contributed by atoms with E-state index in [1.54, 1.807) is 19.1 Å². The molecule has 1 saturated heterocycles. The van der Waals surface area contributed by atoms with Gasteiger partial charge in [-0.1, -0.05) is 19.1 Å². The molecule has 0 N–H and O–H groups in total. The van der Waals surface area contributed by atoms with Crippen LogP contribution in [0.2, 0.25) is 0 Å². The summed E-state index contributed by atoms with van der Waals surface area (Å²) in [4.78, 5) is 12.2. The number of carbonyl (C=O) groups is 1. The van der Waals surface area contributed by atoms with Crippen molar-refractivity contribution in [3.05, 3.63) is 35.1 Å². The molecule has 17 heavy (non-hydrogen) atoms. The average molecular weight is 236 g/mol. The quantitative estimate of drug-likeness (QED) is 0.754. The van der Waals surface area contributed by atoms with Crippen molar-refractivity contribution in [3.63, 3.8) is 0 Å². The summed E-state index contributed by atoms with van der Waals surface area (Å²) in [5.74, 6) is -0.418. The topological polar surface area (TPSA) is 26.3 Å². The van der Waals surface area contributed by atoms with Gasteiger partial charge in [-0.2, -0.15) is 0 Å². The van der Waals surface area contributed by atoms with E-state index in [1.165, 1.54) is 6.07 Å². The van der Waals surface area contributed by atoms with Gasteiger partial charge in [-0.25, -0.2) is 4.39 Å². The molecule has 0 saturated carbocycles. The van der Waals surface area contributed by atoms with E-state index in [2.05, 4.69) is 0 Å². The van der Waals surface area contributed by atoms with Crippen LogP contribution in [0.5, 0.6) is 0 Å². The zero-order chi connectivity index (χ0) is 12.4. The van der Waals surface area contributed by atoms with Gasteiger partial charge in [-0.3, -0.25) is 4.79 Å². The standard InChI is InChI=1S/C14H17FO2/c1-3-13-11(6-7-17-13)14(16)10-5-4-9(2)12(15)8-10/h4-5,8,11,13H,3,6-7H2,1-2H3. The molecular formula is C14H17FO2. The van der Waals surface area contributed by atoms with Gasteiger partial charge in [0.15, 0.2) is 5.78 Å². The first-order valence-electron chi connectivity index (χ1n) is 6.05. The van der Waals surface area contributed by atoms with Gasteiger partial charge in [0.1, 0.15) is 5.82 Å². The highest BCUT2D eigenvalue weighted by atomic mass is 19.1. The largest absolute Gasteiger partial charge is 0.377 e. The summed E-state index contributed by atoms with van der Waals surface area (Å²) in [6.07, 6.45) is 1.56. The molecule has 0 aliphatic carbocycles. The number of rotatable bonds is 3. The molecule has 1 heterocycles. The predicted molar refractivity (Wildman–Crippen MR) is 63.6 cm³/mol. The third-order valence-corrected chi connectivity index (χ3v) is 3.41. The molecule has 1 aromatic rings. The smallest absolute Gasteiger partial charge is 0.168 e. The normalized spacial score (nSPS) is 23.9. The van der Waals surface area contributed by atoms with Crippen molar-refractivity contribution >= 4 is 5.78 Å². The van der Waals surface area contributed by atoms with Crippen LogP contribution in [-0.2, 0) is 4.74 Å². The molecule has 2 nitrogen and oxygen atoms in total. The summed E-state index contributed by atoms with van der Waals surface area (Å²) >= 11 is 0. The Labute approximate surface area is 101 Å². The first-order chi connectivity index (χ1) is 8.13. The van der Waals surface area contributed by atoms with Crippen LogP contribution in [0, 0.1) is 18.7 Å². The van der Waals surface area contributed by atoms with E-state index in [1.807, 2.05) is 6.92 Å². The number of ether oxygens (including phenoxy) is 1. The number of ketones is 1. The van der Waals surface area contributed by atoms with E-state index in [0.29, 0.717) is 17.7 Å².